The van der Waals surface area contributed by atoms with Crippen molar-refractivity contribution in [1.29, 1.82) is 0 Å². The predicted molar refractivity (Wildman–Crippen MR) is 127 cm³/mol. The van der Waals surface area contributed by atoms with Gasteiger partial charge in [0.15, 0.2) is 0 Å². The molecule has 166 valence electrons. The van der Waals surface area contributed by atoms with Crippen LogP contribution in [0.4, 0.5) is 0 Å². The summed E-state index contributed by atoms with van der Waals surface area (Å²) in [4.78, 5) is 4.78. The van der Waals surface area contributed by atoms with Gasteiger partial charge in [-0.2, -0.15) is 0 Å². The molecule has 0 saturated carbocycles. The smallest absolute Gasteiger partial charge is 0.242 e. The van der Waals surface area contributed by atoms with Gasteiger partial charge in [0.25, 0.3) is 0 Å². The van der Waals surface area contributed by atoms with Gasteiger partial charge in [0.1, 0.15) is 5.75 Å². The molecule has 2 heterocycles. The summed E-state index contributed by atoms with van der Waals surface area (Å²) < 4.78 is 26.2. The van der Waals surface area contributed by atoms with Crippen LogP contribution in [0.25, 0.3) is 10.9 Å². The zero-order valence-electron chi connectivity index (χ0n) is 18.2. The van der Waals surface area contributed by atoms with Crippen molar-refractivity contribution in [3.63, 3.8) is 0 Å². The van der Waals surface area contributed by atoms with Crippen molar-refractivity contribution in [3.8, 4) is 5.75 Å². The molecule has 0 spiro atoms. The minimum atomic E-state index is -3.39. The van der Waals surface area contributed by atoms with Crippen LogP contribution < -0.4 is 0 Å². The molecule has 31 heavy (non-hydrogen) atoms. The number of para-hydroxylation sites is 1. The monoisotopic (exact) mass is 441 g/mol. The molecular formula is C24H31N3O3S. The molecule has 0 aliphatic carbocycles. The molecule has 1 aliphatic heterocycles. The van der Waals surface area contributed by atoms with Crippen molar-refractivity contribution in [2.75, 3.05) is 39.0 Å². The molecule has 7 heteroatoms. The third-order valence-electron chi connectivity index (χ3n) is 5.54. The summed E-state index contributed by atoms with van der Waals surface area (Å²) in [6.07, 6.45) is 3.09. The zero-order chi connectivity index (χ0) is 22.4. The van der Waals surface area contributed by atoms with E-state index in [0.717, 1.165) is 43.6 Å². The topological polar surface area (TPSA) is 65.8 Å². The summed E-state index contributed by atoms with van der Waals surface area (Å²) in [5.41, 5.74) is 3.19. The maximum Gasteiger partial charge on any atom is 0.242 e. The number of benzene rings is 2. The van der Waals surface area contributed by atoms with E-state index < -0.39 is 10.0 Å². The van der Waals surface area contributed by atoms with Crippen molar-refractivity contribution >= 4 is 20.9 Å². The molecule has 0 unspecified atom stereocenters. The molecular weight excluding hydrogens is 410 g/mol. The normalized spacial score (nSPS) is 15.4. The minimum Gasteiger partial charge on any atom is -0.508 e. The van der Waals surface area contributed by atoms with Gasteiger partial charge in [0.2, 0.25) is 10.0 Å². The molecule has 1 saturated heterocycles. The first-order chi connectivity index (χ1) is 14.8. The molecule has 0 atom stereocenters. The maximum atomic E-state index is 12.4. The Morgan fingerprint density at radius 2 is 1.71 bits per heavy atom. The van der Waals surface area contributed by atoms with Crippen LogP contribution in [0.5, 0.6) is 5.75 Å². The molecule has 3 aromatic rings. The molecule has 0 radical (unpaired) electrons. The highest BCUT2D eigenvalue weighted by Gasteiger charge is 2.19. The van der Waals surface area contributed by atoms with Gasteiger partial charge in [-0.05, 0) is 49.4 Å². The summed E-state index contributed by atoms with van der Waals surface area (Å²) in [6.45, 7) is 10.7. The Balaban J connectivity index is 0.000000330. The fourth-order valence-corrected chi connectivity index (χ4v) is 4.86. The fourth-order valence-electron chi connectivity index (χ4n) is 3.70. The van der Waals surface area contributed by atoms with E-state index in [1.165, 1.54) is 21.2 Å². The van der Waals surface area contributed by atoms with Gasteiger partial charge in [0, 0.05) is 44.3 Å². The number of hydrogen-bond acceptors (Lipinski definition) is 5. The molecule has 6 nitrogen and oxygen atoms in total. The lowest BCUT2D eigenvalue weighted by molar-refractivity contribution is 0.148. The van der Waals surface area contributed by atoms with Crippen molar-refractivity contribution < 1.29 is 13.5 Å². The van der Waals surface area contributed by atoms with Gasteiger partial charge in [-0.15, -0.1) is 6.58 Å². The standard InChI is InChI=1S/C18H25N3O2S.C6H6O/c1-4-13-24(22,23)21-8-7-16-17(15(2)5-6-18(16)21)14-20-11-9-19(3)10-12-20;7-6-4-2-1-3-5-6/h4-8H,1,9-14H2,2-3H3;1-5,7H. The van der Waals surface area contributed by atoms with Crippen LogP contribution in [-0.4, -0.2) is 66.3 Å². The summed E-state index contributed by atoms with van der Waals surface area (Å²) in [6, 6.07) is 14.6. The molecule has 1 fully saturated rings. The highest BCUT2D eigenvalue weighted by atomic mass is 32.2. The SMILES string of the molecule is C=CCS(=O)(=O)n1ccc2c(CN3CCN(C)CC3)c(C)ccc21.Oc1ccccc1. The highest BCUT2D eigenvalue weighted by molar-refractivity contribution is 7.90. The maximum absolute atomic E-state index is 12.4. The van der Waals surface area contributed by atoms with Crippen LogP contribution in [-0.2, 0) is 16.6 Å². The predicted octanol–water partition coefficient (Wildman–Crippen LogP) is 3.45. The van der Waals surface area contributed by atoms with Gasteiger partial charge in [0.05, 0.1) is 11.3 Å². The van der Waals surface area contributed by atoms with Crippen LogP contribution >= 0.6 is 0 Å². The van der Waals surface area contributed by atoms with E-state index in [0.29, 0.717) is 5.75 Å². The first kappa shape index (κ1) is 23.1. The molecule has 0 bridgehead atoms. The second kappa shape index (κ2) is 10.1. The molecule has 1 aromatic heterocycles. The second-order valence-electron chi connectivity index (χ2n) is 7.89. The number of phenolic OH excluding ortho intramolecular Hbond substituents is 1. The minimum absolute atomic E-state index is 0.0571. The van der Waals surface area contributed by atoms with E-state index in [-0.39, 0.29) is 5.75 Å². The third-order valence-corrected chi connectivity index (χ3v) is 7.12. The van der Waals surface area contributed by atoms with Crippen LogP contribution in [0.1, 0.15) is 11.1 Å². The molecule has 2 aromatic carbocycles. The Hall–Kier alpha value is -2.61. The largest absolute Gasteiger partial charge is 0.508 e. The van der Waals surface area contributed by atoms with Crippen molar-refractivity contribution in [1.82, 2.24) is 13.8 Å². The van der Waals surface area contributed by atoms with Crippen LogP contribution in [0, 0.1) is 6.92 Å². The Kier molecular flexibility index (Phi) is 7.54. The lowest BCUT2D eigenvalue weighted by atomic mass is 10.0. The first-order valence-corrected chi connectivity index (χ1v) is 12.0. The number of nitrogens with zero attached hydrogens (tertiary/aromatic N) is 3. The third kappa shape index (κ3) is 5.76. The number of aromatic nitrogens is 1. The summed E-state index contributed by atoms with van der Waals surface area (Å²) in [5.74, 6) is 0.265. The average molecular weight is 442 g/mol. The van der Waals surface area contributed by atoms with Gasteiger partial charge >= 0.3 is 0 Å². The van der Waals surface area contributed by atoms with Crippen molar-refractivity contribution in [2.45, 2.75) is 13.5 Å². The lowest BCUT2D eigenvalue weighted by Crippen LogP contribution is -2.44. The Morgan fingerprint density at radius 1 is 1.03 bits per heavy atom. The lowest BCUT2D eigenvalue weighted by Gasteiger charge is -2.32. The van der Waals surface area contributed by atoms with E-state index >= 15 is 0 Å². The number of rotatable bonds is 5. The van der Waals surface area contributed by atoms with Crippen molar-refractivity contribution in [2.24, 2.45) is 0 Å². The van der Waals surface area contributed by atoms with Crippen LogP contribution in [0.2, 0.25) is 0 Å². The zero-order valence-corrected chi connectivity index (χ0v) is 19.1. The summed E-state index contributed by atoms with van der Waals surface area (Å²) in [7, 11) is -1.24. The van der Waals surface area contributed by atoms with Gasteiger partial charge in [-0.3, -0.25) is 4.90 Å². The summed E-state index contributed by atoms with van der Waals surface area (Å²) in [5, 5.41) is 9.66. The Bertz CT molecular complexity index is 1120. The Morgan fingerprint density at radius 3 is 2.29 bits per heavy atom. The van der Waals surface area contributed by atoms with E-state index in [9.17, 15) is 8.42 Å². The van der Waals surface area contributed by atoms with Gasteiger partial charge < -0.3 is 10.0 Å². The fraction of sp³-hybridized carbons (Fsp3) is 0.333. The average Bonchev–Trinajstić information content (AvgIpc) is 3.18. The highest BCUT2D eigenvalue weighted by Crippen LogP contribution is 2.26. The number of fused-ring (bicyclic) bond motifs is 1. The number of hydrogen-bond donors (Lipinski definition) is 1. The second-order valence-corrected chi connectivity index (χ2v) is 9.78. The molecule has 1 aliphatic rings. The number of aromatic hydroxyl groups is 1. The first-order valence-electron chi connectivity index (χ1n) is 10.4. The van der Waals surface area contributed by atoms with E-state index in [4.69, 9.17) is 5.11 Å². The summed E-state index contributed by atoms with van der Waals surface area (Å²) >= 11 is 0. The number of piperazine rings is 1. The quantitative estimate of drug-likeness (QED) is 0.615. The number of likely N-dealkylation sites (N-methyl/N-ethyl adjacent to an activating group) is 1. The van der Waals surface area contributed by atoms with Gasteiger partial charge in [-0.25, -0.2) is 12.4 Å². The molecule has 4 rings (SSSR count). The van der Waals surface area contributed by atoms with Crippen LogP contribution in [0.3, 0.4) is 0 Å². The van der Waals surface area contributed by atoms with Crippen LogP contribution in [0.15, 0.2) is 67.4 Å². The van der Waals surface area contributed by atoms with Crippen molar-refractivity contribution in [3.05, 3.63) is 78.5 Å². The van der Waals surface area contributed by atoms with E-state index in [1.54, 1.807) is 30.5 Å². The van der Waals surface area contributed by atoms with E-state index in [2.05, 4.69) is 30.4 Å². The number of aryl methyl sites for hydroxylation is 1. The molecule has 0 amide bonds. The molecule has 1 N–H and O–H groups in total. The van der Waals surface area contributed by atoms with Gasteiger partial charge in [-0.1, -0.05) is 30.3 Å². The number of phenols is 1. The Labute approximate surface area is 185 Å². The van der Waals surface area contributed by atoms with E-state index in [1.807, 2.05) is 24.3 Å².